The first-order valence-corrected chi connectivity index (χ1v) is 11.6. The van der Waals surface area contributed by atoms with Gasteiger partial charge in [0.1, 0.15) is 5.75 Å². The zero-order chi connectivity index (χ0) is 20.4. The average Bonchev–Trinajstić information content (AvgIpc) is 2.76. The summed E-state index contributed by atoms with van der Waals surface area (Å²) in [7, 11) is 0. The third kappa shape index (κ3) is 4.06. The van der Waals surface area contributed by atoms with E-state index < -0.39 is 0 Å². The predicted octanol–water partition coefficient (Wildman–Crippen LogP) is 5.81. The second-order valence-electron chi connectivity index (χ2n) is 9.08. The lowest BCUT2D eigenvalue weighted by Gasteiger charge is -2.50. The summed E-state index contributed by atoms with van der Waals surface area (Å²) in [4.78, 5) is 14.7. The summed E-state index contributed by atoms with van der Waals surface area (Å²) in [5, 5.41) is 1.95. The van der Waals surface area contributed by atoms with Crippen molar-refractivity contribution in [2.75, 3.05) is 0 Å². The van der Waals surface area contributed by atoms with Gasteiger partial charge in [-0.15, -0.1) is 0 Å². The van der Waals surface area contributed by atoms with Crippen LogP contribution in [0.2, 0.25) is 5.02 Å². The minimum atomic E-state index is -0.126. The Kier molecular flexibility index (Phi) is 6.21. The van der Waals surface area contributed by atoms with Gasteiger partial charge in [-0.25, -0.2) is 0 Å². The van der Waals surface area contributed by atoms with Gasteiger partial charge in [0, 0.05) is 17.6 Å². The van der Waals surface area contributed by atoms with Gasteiger partial charge < -0.3 is 15.5 Å². The molecule has 1 atom stereocenters. The SMILES string of the molecule is CCC(N)C1(C2CCCCC2)CCC(Oc2cc3cc[nH]c(=O)c3cc2Cl)CC1. The van der Waals surface area contributed by atoms with Gasteiger partial charge in [0.25, 0.3) is 5.56 Å². The van der Waals surface area contributed by atoms with Crippen LogP contribution in [0.4, 0.5) is 0 Å². The maximum absolute atomic E-state index is 12.0. The van der Waals surface area contributed by atoms with Gasteiger partial charge in [0.15, 0.2) is 0 Å². The molecule has 0 saturated heterocycles. The first kappa shape index (κ1) is 20.7. The van der Waals surface area contributed by atoms with Crippen LogP contribution in [0.25, 0.3) is 10.8 Å². The van der Waals surface area contributed by atoms with Crippen LogP contribution in [0.3, 0.4) is 0 Å². The number of hydrogen-bond donors (Lipinski definition) is 2. The molecule has 0 bridgehead atoms. The number of ether oxygens (including phenoxy) is 1. The van der Waals surface area contributed by atoms with Crippen molar-refractivity contribution in [1.29, 1.82) is 0 Å². The molecule has 1 aromatic carbocycles. The van der Waals surface area contributed by atoms with Crippen LogP contribution in [0.5, 0.6) is 5.75 Å². The topological polar surface area (TPSA) is 68.1 Å². The number of benzene rings is 1. The number of halogens is 1. The number of H-pyrrole nitrogens is 1. The Morgan fingerprint density at radius 2 is 1.93 bits per heavy atom. The van der Waals surface area contributed by atoms with E-state index in [4.69, 9.17) is 22.1 Å². The first-order chi connectivity index (χ1) is 14.0. The standard InChI is InChI=1S/C24H33ClN2O2/c1-2-22(26)24(17-6-4-3-5-7-17)11-8-18(9-12-24)29-21-14-16-10-13-27-23(28)19(16)15-20(21)25/h10,13-15,17-18,22H,2-9,11-12,26H2,1H3,(H,27,28). The second kappa shape index (κ2) is 8.69. The van der Waals surface area contributed by atoms with Crippen molar-refractivity contribution < 1.29 is 4.74 Å². The fourth-order valence-electron chi connectivity index (χ4n) is 5.87. The molecule has 2 aromatic rings. The number of nitrogens with one attached hydrogen (secondary N) is 1. The molecule has 2 saturated carbocycles. The van der Waals surface area contributed by atoms with Crippen LogP contribution in [0.15, 0.2) is 29.2 Å². The molecule has 5 heteroatoms. The van der Waals surface area contributed by atoms with Gasteiger partial charge in [0.05, 0.1) is 11.1 Å². The number of hydrogen-bond acceptors (Lipinski definition) is 3. The van der Waals surface area contributed by atoms with Crippen molar-refractivity contribution in [2.45, 2.75) is 83.3 Å². The van der Waals surface area contributed by atoms with Crippen molar-refractivity contribution in [2.24, 2.45) is 17.1 Å². The molecule has 3 N–H and O–H groups in total. The number of nitrogens with two attached hydrogens (primary N) is 1. The van der Waals surface area contributed by atoms with Crippen LogP contribution in [-0.2, 0) is 0 Å². The van der Waals surface area contributed by atoms with Gasteiger partial charge in [-0.3, -0.25) is 4.79 Å². The smallest absolute Gasteiger partial charge is 0.255 e. The maximum Gasteiger partial charge on any atom is 0.255 e. The van der Waals surface area contributed by atoms with Crippen LogP contribution in [0, 0.1) is 11.3 Å². The summed E-state index contributed by atoms with van der Waals surface area (Å²) in [6.07, 6.45) is 14.0. The van der Waals surface area contributed by atoms with Crippen LogP contribution < -0.4 is 16.0 Å². The molecule has 2 fully saturated rings. The largest absolute Gasteiger partial charge is 0.489 e. The third-order valence-electron chi connectivity index (χ3n) is 7.58. The minimum absolute atomic E-state index is 0.126. The Bertz CT molecular complexity index is 895. The lowest BCUT2D eigenvalue weighted by molar-refractivity contribution is -0.000576. The first-order valence-electron chi connectivity index (χ1n) is 11.3. The number of aromatic nitrogens is 1. The average molecular weight is 417 g/mol. The molecule has 1 heterocycles. The quantitative estimate of drug-likeness (QED) is 0.646. The highest BCUT2D eigenvalue weighted by molar-refractivity contribution is 6.32. The van der Waals surface area contributed by atoms with E-state index in [1.54, 1.807) is 12.3 Å². The van der Waals surface area contributed by atoms with Crippen LogP contribution >= 0.6 is 11.6 Å². The van der Waals surface area contributed by atoms with Crippen LogP contribution in [-0.4, -0.2) is 17.1 Å². The molecule has 1 aromatic heterocycles. The molecule has 0 aliphatic heterocycles. The van der Waals surface area contributed by atoms with E-state index in [-0.39, 0.29) is 23.1 Å². The Balaban J connectivity index is 1.49. The molecule has 0 amide bonds. The molecular formula is C24H33ClN2O2. The molecular weight excluding hydrogens is 384 g/mol. The Hall–Kier alpha value is -1.52. The van der Waals surface area contributed by atoms with E-state index in [1.165, 1.54) is 32.1 Å². The summed E-state index contributed by atoms with van der Waals surface area (Å²) in [5.74, 6) is 1.45. The van der Waals surface area contributed by atoms with Crippen molar-refractivity contribution in [3.63, 3.8) is 0 Å². The highest BCUT2D eigenvalue weighted by Gasteiger charge is 2.45. The van der Waals surface area contributed by atoms with Crippen molar-refractivity contribution in [3.8, 4) is 5.75 Å². The van der Waals surface area contributed by atoms with Crippen molar-refractivity contribution >= 4 is 22.4 Å². The highest BCUT2D eigenvalue weighted by Crippen LogP contribution is 2.51. The molecule has 4 rings (SSSR count). The second-order valence-corrected chi connectivity index (χ2v) is 9.48. The number of aromatic amines is 1. The molecule has 1 unspecified atom stereocenters. The van der Waals surface area contributed by atoms with Gasteiger partial charge in [-0.05, 0) is 79.9 Å². The molecule has 4 nitrogen and oxygen atoms in total. The number of rotatable bonds is 5. The van der Waals surface area contributed by atoms with E-state index >= 15 is 0 Å². The van der Waals surface area contributed by atoms with Crippen molar-refractivity contribution in [3.05, 3.63) is 39.8 Å². The van der Waals surface area contributed by atoms with Gasteiger partial charge in [0.2, 0.25) is 0 Å². The van der Waals surface area contributed by atoms with Gasteiger partial charge in [-0.1, -0.05) is 37.8 Å². The fraction of sp³-hybridized carbons (Fsp3) is 0.625. The molecule has 158 valence electrons. The van der Waals surface area contributed by atoms with E-state index in [2.05, 4.69) is 11.9 Å². The predicted molar refractivity (Wildman–Crippen MR) is 120 cm³/mol. The highest BCUT2D eigenvalue weighted by atomic mass is 35.5. The molecule has 0 spiro atoms. The fourth-order valence-corrected chi connectivity index (χ4v) is 6.08. The van der Waals surface area contributed by atoms with Gasteiger partial charge >= 0.3 is 0 Å². The normalized spacial score (nSPS) is 27.1. The summed E-state index contributed by atoms with van der Waals surface area (Å²) >= 11 is 6.45. The van der Waals surface area contributed by atoms with Crippen molar-refractivity contribution in [1.82, 2.24) is 4.98 Å². The molecule has 29 heavy (non-hydrogen) atoms. The number of fused-ring (bicyclic) bond motifs is 1. The van der Waals surface area contributed by atoms with Gasteiger partial charge in [-0.2, -0.15) is 0 Å². The Morgan fingerprint density at radius 3 is 2.62 bits per heavy atom. The molecule has 2 aliphatic rings. The lowest BCUT2D eigenvalue weighted by Crippen LogP contribution is -2.50. The summed E-state index contributed by atoms with van der Waals surface area (Å²) in [6.45, 7) is 2.23. The molecule has 0 radical (unpaired) electrons. The Morgan fingerprint density at radius 1 is 1.21 bits per heavy atom. The summed E-state index contributed by atoms with van der Waals surface area (Å²) in [5.41, 5.74) is 6.87. The number of pyridine rings is 1. The zero-order valence-corrected chi connectivity index (χ0v) is 18.1. The van der Waals surface area contributed by atoms with E-state index in [0.29, 0.717) is 16.2 Å². The minimum Gasteiger partial charge on any atom is -0.489 e. The summed E-state index contributed by atoms with van der Waals surface area (Å²) < 4.78 is 6.34. The lowest BCUT2D eigenvalue weighted by atomic mass is 9.57. The van der Waals surface area contributed by atoms with Crippen LogP contribution in [0.1, 0.15) is 71.1 Å². The zero-order valence-electron chi connectivity index (χ0n) is 17.4. The monoisotopic (exact) mass is 416 g/mol. The molecule has 2 aliphatic carbocycles. The van der Waals surface area contributed by atoms with E-state index in [1.807, 2.05) is 12.1 Å². The Labute approximate surface area is 178 Å². The third-order valence-corrected chi connectivity index (χ3v) is 7.88. The summed E-state index contributed by atoms with van der Waals surface area (Å²) in [6, 6.07) is 5.78. The van der Waals surface area contributed by atoms with E-state index in [9.17, 15) is 4.79 Å². The van der Waals surface area contributed by atoms with E-state index in [0.717, 1.165) is 43.4 Å². The maximum atomic E-state index is 12.0.